The number of hydrogen-bond donors (Lipinski definition) is 3. The van der Waals surface area contributed by atoms with Gasteiger partial charge in [-0.3, -0.25) is 0 Å². The molecule has 1 aromatic rings. The normalized spacial score (nSPS) is 21.1. The maximum Gasteiger partial charge on any atom is 0.230 e. The van der Waals surface area contributed by atoms with Crippen molar-refractivity contribution in [2.45, 2.75) is 209 Å². The molecule has 0 saturated carbocycles. The molecule has 2 fully saturated rings. The molecule has 276 valence electrons. The molecule has 8 nitrogen and oxygen atoms in total. The van der Waals surface area contributed by atoms with Gasteiger partial charge in [0.1, 0.15) is 5.82 Å². The first-order valence-electron chi connectivity index (χ1n) is 17.9. The quantitative estimate of drug-likeness (QED) is 0.181. The first-order chi connectivity index (χ1) is 20.4. The predicted octanol–water partition coefficient (Wildman–Crippen LogP) is 9.00. The fraction of sp³-hybridized carbons (Fsp3) is 0.923. The van der Waals surface area contributed by atoms with Gasteiger partial charge in [-0.2, -0.15) is 15.0 Å². The molecule has 0 unspecified atom stereocenters. The third kappa shape index (κ3) is 14.5. The van der Waals surface area contributed by atoms with E-state index in [2.05, 4.69) is 123 Å². The van der Waals surface area contributed by atoms with Crippen LogP contribution in [0.1, 0.15) is 168 Å². The maximum absolute atomic E-state index is 5.09. The Morgan fingerprint density at radius 2 is 1.13 bits per heavy atom. The lowest BCUT2D eigenvalue weighted by Crippen LogP contribution is -2.62. The molecule has 0 aliphatic carbocycles. The topological polar surface area (TPSA) is 81.2 Å². The Morgan fingerprint density at radius 3 is 1.60 bits per heavy atom. The second-order valence-electron chi connectivity index (χ2n) is 19.3. The molecule has 2 aliphatic heterocycles. The summed E-state index contributed by atoms with van der Waals surface area (Å²) in [6.07, 6.45) is 10.4. The number of piperidine rings is 2. The molecular formula is C39H80N8. The van der Waals surface area contributed by atoms with E-state index in [1.165, 1.54) is 38.6 Å². The van der Waals surface area contributed by atoms with Crippen molar-refractivity contribution < 1.29 is 0 Å². The van der Waals surface area contributed by atoms with Crippen molar-refractivity contribution >= 4 is 11.9 Å². The fourth-order valence-corrected chi connectivity index (χ4v) is 9.02. The highest BCUT2D eigenvalue weighted by atomic mass is 15.3. The summed E-state index contributed by atoms with van der Waals surface area (Å²) in [5.41, 5.74) is 0.546. The van der Waals surface area contributed by atoms with E-state index in [1.807, 2.05) is 6.92 Å². The van der Waals surface area contributed by atoms with E-state index in [9.17, 15) is 0 Å². The van der Waals surface area contributed by atoms with Gasteiger partial charge in [-0.15, -0.1) is 0 Å². The molecule has 0 amide bonds. The Labute approximate surface area is 292 Å². The molecule has 8 heteroatoms. The number of unbranched alkanes of at least 4 members (excludes halogenated alkanes) is 3. The van der Waals surface area contributed by atoms with Crippen LogP contribution >= 0.6 is 0 Å². The van der Waals surface area contributed by atoms with Gasteiger partial charge < -0.3 is 25.8 Å². The number of anilines is 2. The number of hydrogen-bond acceptors (Lipinski definition) is 8. The lowest BCUT2D eigenvalue weighted by molar-refractivity contribution is 0.0805. The van der Waals surface area contributed by atoms with Gasteiger partial charge >= 0.3 is 0 Å². The highest BCUT2D eigenvalue weighted by molar-refractivity contribution is 5.40. The molecular weight excluding hydrogens is 580 g/mol. The van der Waals surface area contributed by atoms with Crippen LogP contribution in [0.15, 0.2) is 0 Å². The van der Waals surface area contributed by atoms with Crippen LogP contribution in [0.4, 0.5) is 11.9 Å². The van der Waals surface area contributed by atoms with Crippen molar-refractivity contribution in [2.75, 3.05) is 30.4 Å². The van der Waals surface area contributed by atoms with Crippen molar-refractivity contribution in [3.8, 4) is 0 Å². The van der Waals surface area contributed by atoms with Gasteiger partial charge in [0.05, 0.1) is 0 Å². The second kappa shape index (κ2) is 16.0. The summed E-state index contributed by atoms with van der Waals surface area (Å²) >= 11 is 0. The van der Waals surface area contributed by atoms with Crippen molar-refractivity contribution in [1.29, 1.82) is 0 Å². The smallest absolute Gasteiger partial charge is 0.230 e. The lowest BCUT2D eigenvalue weighted by atomic mass is 9.79. The molecule has 3 heterocycles. The standard InChI is InChI=1S/C37H72N8.2CH4/c1-27-38-30(41-37(13,14)26-32(2,3)4)40-31(39-27)45(29-24-35(9,10)43-36(11,12)25-29)21-19-17-16-18-20-44(15)28-22-33(5,6)42-34(7,8)23-28;;/h28-29,42-43H,16-26H2,1-15H3,(H,38,39,40,41);2*1H4. The molecule has 1 aromatic heterocycles. The summed E-state index contributed by atoms with van der Waals surface area (Å²) in [4.78, 5) is 19.9. The Morgan fingerprint density at radius 1 is 0.681 bits per heavy atom. The van der Waals surface area contributed by atoms with E-state index in [0.717, 1.165) is 44.0 Å². The summed E-state index contributed by atoms with van der Waals surface area (Å²) in [5, 5.41) is 11.4. The van der Waals surface area contributed by atoms with Crippen LogP contribution in [0.25, 0.3) is 0 Å². The Kier molecular flexibility index (Phi) is 14.8. The summed E-state index contributed by atoms with van der Waals surface area (Å²) in [6, 6.07) is 1.01. The highest BCUT2D eigenvalue weighted by Gasteiger charge is 2.41. The van der Waals surface area contributed by atoms with Crippen LogP contribution in [0.2, 0.25) is 0 Å². The van der Waals surface area contributed by atoms with Gasteiger partial charge in [0.25, 0.3) is 0 Å². The minimum atomic E-state index is -0.125. The SMILES string of the molecule is C.C.Cc1nc(NC(C)(C)CC(C)(C)C)nc(N(CCCCCCN(C)C2CC(C)(C)NC(C)(C)C2)C2CC(C)(C)NC(C)(C)C2)n1. The van der Waals surface area contributed by atoms with E-state index in [1.54, 1.807) is 0 Å². The maximum atomic E-state index is 5.09. The van der Waals surface area contributed by atoms with Crippen molar-refractivity contribution in [3.05, 3.63) is 5.82 Å². The van der Waals surface area contributed by atoms with Gasteiger partial charge in [-0.05, 0) is 140 Å². The van der Waals surface area contributed by atoms with Gasteiger partial charge in [-0.1, -0.05) is 48.5 Å². The zero-order chi connectivity index (χ0) is 34.1. The number of nitrogens with zero attached hydrogens (tertiary/aromatic N) is 5. The first kappa shape index (κ1) is 43.5. The molecule has 2 saturated heterocycles. The molecule has 0 spiro atoms. The van der Waals surface area contributed by atoms with Gasteiger partial charge in [-0.25, -0.2) is 0 Å². The van der Waals surface area contributed by atoms with E-state index in [-0.39, 0.29) is 48.0 Å². The highest BCUT2D eigenvalue weighted by Crippen LogP contribution is 2.35. The third-order valence-electron chi connectivity index (χ3n) is 9.48. The average molecular weight is 661 g/mol. The molecule has 47 heavy (non-hydrogen) atoms. The van der Waals surface area contributed by atoms with Crippen LogP contribution in [-0.4, -0.2) is 79.8 Å². The molecule has 3 rings (SSSR count). The molecule has 2 aliphatic rings. The number of aryl methyl sites for hydroxylation is 1. The minimum absolute atomic E-state index is 0. The number of nitrogens with one attached hydrogen (secondary N) is 3. The van der Waals surface area contributed by atoms with Crippen molar-refractivity contribution in [2.24, 2.45) is 5.41 Å². The summed E-state index contributed by atoms with van der Waals surface area (Å²) < 4.78 is 0. The molecule has 0 bridgehead atoms. The van der Waals surface area contributed by atoms with Crippen molar-refractivity contribution in [3.63, 3.8) is 0 Å². The predicted molar refractivity (Wildman–Crippen MR) is 207 cm³/mol. The first-order valence-corrected chi connectivity index (χ1v) is 17.9. The van der Waals surface area contributed by atoms with Crippen LogP contribution in [0.5, 0.6) is 0 Å². The summed E-state index contributed by atoms with van der Waals surface area (Å²) in [6.45, 7) is 34.2. The Balaban J connectivity index is 0.00000552. The third-order valence-corrected chi connectivity index (χ3v) is 9.48. The monoisotopic (exact) mass is 661 g/mol. The number of aromatic nitrogens is 3. The fourth-order valence-electron chi connectivity index (χ4n) is 9.02. The van der Waals surface area contributed by atoms with Crippen LogP contribution < -0.4 is 20.9 Å². The van der Waals surface area contributed by atoms with E-state index in [4.69, 9.17) is 15.0 Å². The summed E-state index contributed by atoms with van der Waals surface area (Å²) in [7, 11) is 2.34. The van der Waals surface area contributed by atoms with Crippen LogP contribution in [0.3, 0.4) is 0 Å². The number of rotatable bonds is 13. The Hall–Kier alpha value is -1.51. The van der Waals surface area contributed by atoms with Gasteiger partial charge in [0, 0.05) is 46.3 Å². The Bertz CT molecular complexity index is 1070. The van der Waals surface area contributed by atoms with Gasteiger partial charge in [0.2, 0.25) is 11.9 Å². The molecule has 0 aromatic carbocycles. The van der Waals surface area contributed by atoms with Crippen LogP contribution in [0, 0.1) is 12.3 Å². The van der Waals surface area contributed by atoms with E-state index >= 15 is 0 Å². The van der Waals surface area contributed by atoms with Crippen molar-refractivity contribution in [1.82, 2.24) is 30.5 Å². The van der Waals surface area contributed by atoms with Crippen LogP contribution in [-0.2, 0) is 0 Å². The minimum Gasteiger partial charge on any atom is -0.349 e. The lowest BCUT2D eigenvalue weighted by Gasteiger charge is -2.49. The zero-order valence-corrected chi connectivity index (χ0v) is 32.2. The zero-order valence-electron chi connectivity index (χ0n) is 32.2. The molecule has 3 N–H and O–H groups in total. The molecule has 0 radical (unpaired) electrons. The van der Waals surface area contributed by atoms with Gasteiger partial charge in [0.15, 0.2) is 0 Å². The molecule has 0 atom stereocenters. The average Bonchev–Trinajstić information content (AvgIpc) is 2.76. The second-order valence-corrected chi connectivity index (χ2v) is 19.3. The van der Waals surface area contributed by atoms with E-state index in [0.29, 0.717) is 18.0 Å². The largest absolute Gasteiger partial charge is 0.349 e. The van der Waals surface area contributed by atoms with E-state index < -0.39 is 0 Å². The summed E-state index contributed by atoms with van der Waals surface area (Å²) in [5.74, 6) is 2.29.